The quantitative estimate of drug-likeness (QED) is 0.596. The van der Waals surface area contributed by atoms with Gasteiger partial charge in [0.25, 0.3) is 0 Å². The number of ether oxygens (including phenoxy) is 1. The molecule has 3 saturated heterocycles. The Labute approximate surface area is 188 Å². The third-order valence-corrected chi connectivity index (χ3v) is 7.39. The van der Waals surface area contributed by atoms with Crippen LogP contribution in [0.1, 0.15) is 31.9 Å². The van der Waals surface area contributed by atoms with Crippen LogP contribution in [0, 0.1) is 0 Å². The Morgan fingerprint density at radius 2 is 1.88 bits per heavy atom. The standard InChI is InChI=1S/C21H29F3N6O3/c22-21(23,24)20(11-28-6-1-2-7-28)5-3-8-29(20)10-14-15(31)16(32)19(33-14)30-9-4-13-17(25)26-12-27-18(13)30/h4,9,12,14-16,19,31-32H,1-3,5-8,10-11H2,(H2,25,26,27)/t14-,15-,16-,19-,20?/m1/s1. The van der Waals surface area contributed by atoms with Gasteiger partial charge in [0.15, 0.2) is 6.23 Å². The van der Waals surface area contributed by atoms with Crippen molar-refractivity contribution >= 4 is 16.9 Å². The molecule has 2 aromatic heterocycles. The molecule has 4 N–H and O–H groups in total. The topological polar surface area (TPSA) is 113 Å². The molecule has 182 valence electrons. The van der Waals surface area contributed by atoms with Crippen molar-refractivity contribution in [1.82, 2.24) is 24.3 Å². The second kappa shape index (κ2) is 8.35. The lowest BCUT2D eigenvalue weighted by atomic mass is 9.93. The molecule has 0 aliphatic carbocycles. The van der Waals surface area contributed by atoms with E-state index in [1.165, 1.54) is 15.8 Å². The highest BCUT2D eigenvalue weighted by molar-refractivity contribution is 5.86. The predicted molar refractivity (Wildman–Crippen MR) is 113 cm³/mol. The number of rotatable bonds is 5. The average Bonchev–Trinajstić information content (AvgIpc) is 3.54. The van der Waals surface area contributed by atoms with Crippen LogP contribution >= 0.6 is 0 Å². The zero-order valence-corrected chi connectivity index (χ0v) is 18.2. The first-order valence-electron chi connectivity index (χ1n) is 11.3. The van der Waals surface area contributed by atoms with Crippen molar-refractivity contribution < 1.29 is 28.1 Å². The van der Waals surface area contributed by atoms with E-state index in [9.17, 15) is 23.4 Å². The molecule has 12 heteroatoms. The molecule has 33 heavy (non-hydrogen) atoms. The SMILES string of the molecule is Nc1ncnc2c1ccn2[C@@H]1O[C@H](CN2CCCC2(CN2CCCC2)C(F)(F)F)[C@@H](O)[C@H]1O. The van der Waals surface area contributed by atoms with Crippen LogP contribution in [0.25, 0.3) is 11.0 Å². The van der Waals surface area contributed by atoms with E-state index in [0.717, 1.165) is 12.8 Å². The van der Waals surface area contributed by atoms with Gasteiger partial charge >= 0.3 is 6.18 Å². The summed E-state index contributed by atoms with van der Waals surface area (Å²) in [5, 5.41) is 22.0. The number of hydrogen-bond acceptors (Lipinski definition) is 8. The van der Waals surface area contributed by atoms with Crippen LogP contribution in [0.3, 0.4) is 0 Å². The first-order valence-corrected chi connectivity index (χ1v) is 11.3. The van der Waals surface area contributed by atoms with Crippen LogP contribution in [0.4, 0.5) is 19.0 Å². The lowest BCUT2D eigenvalue weighted by molar-refractivity contribution is -0.232. The second-order valence-electron chi connectivity index (χ2n) is 9.33. The Morgan fingerprint density at radius 3 is 2.61 bits per heavy atom. The molecule has 0 radical (unpaired) electrons. The zero-order valence-electron chi connectivity index (χ0n) is 18.2. The molecule has 0 saturated carbocycles. The fraction of sp³-hybridized carbons (Fsp3) is 0.714. The molecule has 3 aliphatic heterocycles. The molecule has 3 fully saturated rings. The fourth-order valence-corrected chi connectivity index (χ4v) is 5.62. The summed E-state index contributed by atoms with van der Waals surface area (Å²) in [6.07, 6.45) is -3.94. The van der Waals surface area contributed by atoms with Crippen LogP contribution in [0.15, 0.2) is 18.6 Å². The van der Waals surface area contributed by atoms with E-state index in [2.05, 4.69) is 9.97 Å². The molecule has 0 spiro atoms. The second-order valence-corrected chi connectivity index (χ2v) is 9.33. The Morgan fingerprint density at radius 1 is 1.12 bits per heavy atom. The fourth-order valence-electron chi connectivity index (χ4n) is 5.62. The Kier molecular flexibility index (Phi) is 5.76. The van der Waals surface area contributed by atoms with Gasteiger partial charge in [-0.05, 0) is 51.4 Å². The van der Waals surface area contributed by atoms with Gasteiger partial charge < -0.3 is 30.2 Å². The minimum Gasteiger partial charge on any atom is -0.387 e. The van der Waals surface area contributed by atoms with Crippen molar-refractivity contribution in [3.8, 4) is 0 Å². The minimum absolute atomic E-state index is 0.0141. The highest BCUT2D eigenvalue weighted by atomic mass is 19.4. The lowest BCUT2D eigenvalue weighted by Crippen LogP contribution is -2.62. The van der Waals surface area contributed by atoms with E-state index in [-0.39, 0.29) is 31.9 Å². The van der Waals surface area contributed by atoms with Crippen molar-refractivity contribution in [1.29, 1.82) is 0 Å². The van der Waals surface area contributed by atoms with Gasteiger partial charge in [0.05, 0.1) is 5.39 Å². The smallest absolute Gasteiger partial charge is 0.387 e. The highest BCUT2D eigenvalue weighted by Gasteiger charge is 2.61. The first-order chi connectivity index (χ1) is 15.7. The summed E-state index contributed by atoms with van der Waals surface area (Å²) >= 11 is 0. The molecule has 2 aromatic rings. The summed E-state index contributed by atoms with van der Waals surface area (Å²) in [7, 11) is 0. The van der Waals surface area contributed by atoms with E-state index >= 15 is 0 Å². The summed E-state index contributed by atoms with van der Waals surface area (Å²) in [4.78, 5) is 11.4. The average molecular weight is 470 g/mol. The Balaban J connectivity index is 1.38. The number of fused-ring (bicyclic) bond motifs is 1. The Hall–Kier alpha value is -1.99. The molecule has 5 atom stereocenters. The number of hydrogen-bond donors (Lipinski definition) is 3. The van der Waals surface area contributed by atoms with Gasteiger partial charge in [-0.3, -0.25) is 4.90 Å². The molecular formula is C21H29F3N6O3. The van der Waals surface area contributed by atoms with Gasteiger partial charge in [0.1, 0.15) is 41.6 Å². The van der Waals surface area contributed by atoms with Crippen LogP contribution in [0.2, 0.25) is 0 Å². The summed E-state index contributed by atoms with van der Waals surface area (Å²) in [5.74, 6) is 0.261. The number of aliphatic hydroxyl groups is 2. The number of likely N-dealkylation sites (tertiary alicyclic amines) is 2. The van der Waals surface area contributed by atoms with Crippen molar-refractivity contribution in [3.05, 3.63) is 18.6 Å². The molecule has 5 rings (SSSR count). The maximum absolute atomic E-state index is 14.4. The van der Waals surface area contributed by atoms with Crippen molar-refractivity contribution in [3.63, 3.8) is 0 Å². The lowest BCUT2D eigenvalue weighted by Gasteiger charge is -2.43. The predicted octanol–water partition coefficient (Wildman–Crippen LogP) is 1.13. The minimum atomic E-state index is -4.42. The van der Waals surface area contributed by atoms with Gasteiger partial charge in [-0.15, -0.1) is 0 Å². The van der Waals surface area contributed by atoms with E-state index in [1.807, 2.05) is 4.90 Å². The summed E-state index contributed by atoms with van der Waals surface area (Å²) in [6.45, 7) is 1.39. The number of aromatic nitrogens is 3. The van der Waals surface area contributed by atoms with Crippen LogP contribution in [-0.4, -0.2) is 97.3 Å². The number of anilines is 1. The first kappa shape index (κ1) is 22.8. The molecule has 1 unspecified atom stereocenters. The number of halogens is 3. The molecule has 5 heterocycles. The van der Waals surface area contributed by atoms with E-state index < -0.39 is 36.3 Å². The van der Waals surface area contributed by atoms with Crippen LogP contribution in [-0.2, 0) is 4.74 Å². The van der Waals surface area contributed by atoms with E-state index in [0.29, 0.717) is 30.5 Å². The summed E-state index contributed by atoms with van der Waals surface area (Å²) in [5.41, 5.74) is 4.30. The number of nitrogen functional groups attached to an aromatic ring is 1. The zero-order chi connectivity index (χ0) is 23.4. The summed E-state index contributed by atoms with van der Waals surface area (Å²) in [6, 6.07) is 1.67. The van der Waals surface area contributed by atoms with Crippen molar-refractivity contribution in [2.75, 3.05) is 38.5 Å². The maximum atomic E-state index is 14.4. The van der Waals surface area contributed by atoms with Gasteiger partial charge in [0, 0.05) is 19.3 Å². The molecular weight excluding hydrogens is 441 g/mol. The number of aliphatic hydroxyl groups excluding tert-OH is 2. The number of nitrogens with zero attached hydrogens (tertiary/aromatic N) is 5. The summed E-state index contributed by atoms with van der Waals surface area (Å²) < 4.78 is 50.8. The van der Waals surface area contributed by atoms with Gasteiger partial charge in [-0.2, -0.15) is 13.2 Å². The molecule has 9 nitrogen and oxygen atoms in total. The number of alkyl halides is 3. The van der Waals surface area contributed by atoms with Crippen molar-refractivity contribution in [2.45, 2.75) is 61.9 Å². The van der Waals surface area contributed by atoms with Crippen molar-refractivity contribution in [2.24, 2.45) is 0 Å². The molecule has 0 aromatic carbocycles. The van der Waals surface area contributed by atoms with Gasteiger partial charge in [0.2, 0.25) is 0 Å². The largest absolute Gasteiger partial charge is 0.408 e. The normalized spacial score (nSPS) is 34.1. The van der Waals surface area contributed by atoms with Crippen LogP contribution < -0.4 is 5.73 Å². The molecule has 3 aliphatic rings. The van der Waals surface area contributed by atoms with E-state index in [4.69, 9.17) is 10.5 Å². The third kappa shape index (κ3) is 3.77. The van der Waals surface area contributed by atoms with Gasteiger partial charge in [-0.1, -0.05) is 0 Å². The van der Waals surface area contributed by atoms with Gasteiger partial charge in [-0.25, -0.2) is 9.97 Å². The third-order valence-electron chi connectivity index (χ3n) is 7.39. The Bertz CT molecular complexity index is 997. The molecule has 0 bridgehead atoms. The highest BCUT2D eigenvalue weighted by Crippen LogP contribution is 2.45. The monoisotopic (exact) mass is 470 g/mol. The van der Waals surface area contributed by atoms with Crippen LogP contribution in [0.5, 0.6) is 0 Å². The molecule has 0 amide bonds. The van der Waals surface area contributed by atoms with E-state index in [1.54, 1.807) is 12.3 Å². The number of nitrogens with two attached hydrogens (primary N) is 1. The maximum Gasteiger partial charge on any atom is 0.408 e.